The van der Waals surface area contributed by atoms with Crippen LogP contribution >= 0.6 is 0 Å². The Morgan fingerprint density at radius 1 is 1.27 bits per heavy atom. The number of hydrogen-bond acceptors (Lipinski definition) is 3. The van der Waals surface area contributed by atoms with Crippen molar-refractivity contribution < 1.29 is 71.4 Å². The van der Waals surface area contributed by atoms with Crippen molar-refractivity contribution in [2.75, 3.05) is 6.54 Å². The van der Waals surface area contributed by atoms with Gasteiger partial charge in [-0.3, -0.25) is 0 Å². The van der Waals surface area contributed by atoms with E-state index in [1.54, 1.807) is 12.1 Å². The molecule has 0 fully saturated rings. The Labute approximate surface area is 138 Å². The van der Waals surface area contributed by atoms with E-state index in [0.29, 0.717) is 0 Å². The first-order valence-electron chi connectivity index (χ1n) is 3.97. The van der Waals surface area contributed by atoms with Crippen molar-refractivity contribution in [2.45, 2.75) is 11.8 Å². The van der Waals surface area contributed by atoms with Crippen LogP contribution in [0, 0.1) is 6.92 Å². The fourth-order valence-electron chi connectivity index (χ4n) is 0.925. The summed E-state index contributed by atoms with van der Waals surface area (Å²) in [5.74, 6) is 0. The molecule has 0 bridgehead atoms. The van der Waals surface area contributed by atoms with Crippen LogP contribution in [0.3, 0.4) is 0 Å². The molecule has 0 radical (unpaired) electrons. The number of nitrogens with one attached hydrogen (secondary N) is 1. The topological polar surface area (TPSA) is 63.2 Å². The summed E-state index contributed by atoms with van der Waals surface area (Å²) in [4.78, 5) is 10.0. The second-order valence-corrected chi connectivity index (χ2v) is 4.55. The Bertz CT molecular complexity index is 413. The first-order chi connectivity index (χ1) is 6.56. The van der Waals surface area contributed by atoms with Crippen molar-refractivity contribution >= 4 is 16.3 Å². The summed E-state index contributed by atoms with van der Waals surface area (Å²) in [6.07, 6.45) is 1.46. The molecule has 15 heavy (non-hydrogen) atoms. The third-order valence-electron chi connectivity index (χ3n) is 1.67. The largest absolute Gasteiger partial charge is 1.00 e. The predicted molar refractivity (Wildman–Crippen MR) is 52.1 cm³/mol. The quantitative estimate of drug-likeness (QED) is 0.619. The van der Waals surface area contributed by atoms with Gasteiger partial charge in [0.2, 0.25) is 10.0 Å². The summed E-state index contributed by atoms with van der Waals surface area (Å²) >= 11 is 0. The van der Waals surface area contributed by atoms with Crippen LogP contribution in [-0.4, -0.2) is 21.2 Å². The minimum Gasteiger partial charge on any atom is -0.541 e. The Balaban J connectivity index is 0.00000196. The molecule has 1 aromatic rings. The third-order valence-corrected chi connectivity index (χ3v) is 3.08. The van der Waals surface area contributed by atoms with E-state index in [-0.39, 0.29) is 69.6 Å². The molecule has 1 aromatic carbocycles. The van der Waals surface area contributed by atoms with E-state index < -0.39 is 10.0 Å². The zero-order chi connectivity index (χ0) is 10.6. The van der Waals surface area contributed by atoms with Crippen LogP contribution in [0.1, 0.15) is 5.56 Å². The van der Waals surface area contributed by atoms with Crippen molar-refractivity contribution in [3.63, 3.8) is 0 Å². The summed E-state index contributed by atoms with van der Waals surface area (Å²) in [6.45, 7) is 1.54. The van der Waals surface area contributed by atoms with E-state index in [4.69, 9.17) is 0 Å². The first kappa shape index (κ1) is 15.6. The molecule has 0 atom stereocenters. The number of carbonyl (C=O) groups excluding carboxylic acids is 1. The molecule has 1 N–H and O–H groups in total. The van der Waals surface area contributed by atoms with Crippen LogP contribution in [-0.2, 0) is 14.8 Å². The molecule has 0 unspecified atom stereocenters. The van der Waals surface area contributed by atoms with Gasteiger partial charge in [-0.2, -0.15) is 0 Å². The molecule has 0 aliphatic rings. The molecule has 6 heteroatoms. The van der Waals surface area contributed by atoms with E-state index in [2.05, 4.69) is 4.72 Å². The molecule has 0 aliphatic heterocycles. The Hall–Kier alpha value is 0.605. The van der Waals surface area contributed by atoms with Crippen LogP contribution in [0.4, 0.5) is 0 Å². The smallest absolute Gasteiger partial charge is 0.541 e. The van der Waals surface area contributed by atoms with Gasteiger partial charge in [0.25, 0.3) is 0 Å². The first-order valence-corrected chi connectivity index (χ1v) is 5.46. The van der Waals surface area contributed by atoms with Gasteiger partial charge in [-0.05, 0) is 19.1 Å². The van der Waals surface area contributed by atoms with E-state index in [1.807, 2.05) is 6.92 Å². The average molecular weight is 298 g/mol. The molecule has 0 heterocycles. The molecule has 0 saturated carbocycles. The van der Waals surface area contributed by atoms with Gasteiger partial charge in [0, 0.05) is 0 Å². The molecule has 0 aliphatic carbocycles. The number of hydrogen-bond donors (Lipinski definition) is 1. The van der Waals surface area contributed by atoms with Gasteiger partial charge in [-0.25, -0.2) is 19.4 Å². The van der Waals surface area contributed by atoms with Gasteiger partial charge in [0.1, 0.15) is 0 Å². The van der Waals surface area contributed by atoms with Crippen LogP contribution in [0.15, 0.2) is 29.2 Å². The molecule has 0 saturated heterocycles. The standard InChI is InChI=1S/C9H10NO3S.Rb/c1-8-2-4-9(5-3-8)14(12,13)10-6-7-11;/h2-5,10H,6H2,1H3;/q-1;+1. The second kappa shape index (κ2) is 7.03. The van der Waals surface area contributed by atoms with Gasteiger partial charge in [-0.15, -0.1) is 0 Å². The van der Waals surface area contributed by atoms with Gasteiger partial charge in [0.05, 0.1) is 4.90 Å². The SMILES string of the molecule is Cc1ccc(S(=O)(=O)NC[C-]=O)cc1.[Rb+]. The van der Waals surface area contributed by atoms with E-state index in [1.165, 1.54) is 18.4 Å². The summed E-state index contributed by atoms with van der Waals surface area (Å²) < 4.78 is 24.9. The molecule has 1 rings (SSSR count). The zero-order valence-corrected chi connectivity index (χ0v) is 14.4. The van der Waals surface area contributed by atoms with Crippen LogP contribution < -0.4 is 62.9 Å². The number of sulfonamides is 1. The Morgan fingerprint density at radius 3 is 2.27 bits per heavy atom. The number of rotatable bonds is 4. The van der Waals surface area contributed by atoms with Gasteiger partial charge >= 0.3 is 58.2 Å². The monoisotopic (exact) mass is 297 g/mol. The fraction of sp³-hybridized carbons (Fsp3) is 0.222. The molecule has 0 aromatic heterocycles. The normalized spacial score (nSPS) is 10.5. The van der Waals surface area contributed by atoms with Crippen molar-refractivity contribution in [1.29, 1.82) is 0 Å². The molecule has 76 valence electrons. The van der Waals surface area contributed by atoms with Gasteiger partial charge in [-0.1, -0.05) is 24.2 Å². The number of benzene rings is 1. The third kappa shape index (κ3) is 4.97. The Morgan fingerprint density at radius 2 is 1.80 bits per heavy atom. The van der Waals surface area contributed by atoms with Crippen molar-refractivity contribution in [2.24, 2.45) is 0 Å². The van der Waals surface area contributed by atoms with Gasteiger partial charge in [0.15, 0.2) is 0 Å². The summed E-state index contributed by atoms with van der Waals surface area (Å²) in [5, 5.41) is 0. The van der Waals surface area contributed by atoms with Crippen molar-refractivity contribution in [3.8, 4) is 0 Å². The minimum absolute atomic E-state index is 0. The average Bonchev–Trinajstić information content (AvgIpc) is 2.16. The zero-order valence-electron chi connectivity index (χ0n) is 8.65. The van der Waals surface area contributed by atoms with E-state index in [9.17, 15) is 13.2 Å². The van der Waals surface area contributed by atoms with E-state index >= 15 is 0 Å². The maximum Gasteiger partial charge on any atom is 1.00 e. The van der Waals surface area contributed by atoms with Crippen LogP contribution in [0.25, 0.3) is 0 Å². The predicted octanol–water partition coefficient (Wildman–Crippen LogP) is -2.61. The van der Waals surface area contributed by atoms with Gasteiger partial charge < -0.3 is 4.79 Å². The molecular formula is C9H10NO3RbS. The molecule has 0 amide bonds. The fourth-order valence-corrected chi connectivity index (χ4v) is 1.84. The Kier molecular flexibility index (Phi) is 7.32. The van der Waals surface area contributed by atoms with Crippen molar-refractivity contribution in [3.05, 3.63) is 29.8 Å². The molecular weight excluding hydrogens is 288 g/mol. The van der Waals surface area contributed by atoms with Crippen molar-refractivity contribution in [1.82, 2.24) is 4.72 Å². The van der Waals surface area contributed by atoms with Crippen LogP contribution in [0.2, 0.25) is 0 Å². The van der Waals surface area contributed by atoms with E-state index in [0.717, 1.165) is 5.56 Å². The maximum absolute atomic E-state index is 11.4. The summed E-state index contributed by atoms with van der Waals surface area (Å²) in [5.41, 5.74) is 0.978. The minimum atomic E-state index is -3.55. The molecule has 4 nitrogen and oxygen atoms in total. The van der Waals surface area contributed by atoms with Crippen LogP contribution in [0.5, 0.6) is 0 Å². The molecule has 0 spiro atoms. The second-order valence-electron chi connectivity index (χ2n) is 2.78. The summed E-state index contributed by atoms with van der Waals surface area (Å²) in [7, 11) is -3.55. The maximum atomic E-state index is 11.4. The number of aryl methyl sites for hydroxylation is 1. The summed E-state index contributed by atoms with van der Waals surface area (Å²) in [6, 6.07) is 6.36.